The van der Waals surface area contributed by atoms with E-state index in [2.05, 4.69) is 27.9 Å². The molecule has 0 unspecified atom stereocenters. The lowest BCUT2D eigenvalue weighted by molar-refractivity contribution is -0.0498. The van der Waals surface area contributed by atoms with Gasteiger partial charge in [0.25, 0.3) is 0 Å². The number of hydrogen-bond acceptors (Lipinski definition) is 4. The first-order chi connectivity index (χ1) is 15.4. The molecule has 5 rings (SSSR count). The van der Waals surface area contributed by atoms with E-state index in [1.165, 1.54) is 35.4 Å². The van der Waals surface area contributed by atoms with Crippen LogP contribution in [0.15, 0.2) is 52.7 Å². The Hall–Kier alpha value is -2.76. The minimum Gasteiger partial charge on any atom is -0.508 e. The molecule has 6 heteroatoms. The van der Waals surface area contributed by atoms with Gasteiger partial charge >= 0.3 is 6.61 Å². The van der Waals surface area contributed by atoms with Gasteiger partial charge in [0.05, 0.1) is 6.21 Å². The Morgan fingerprint density at radius 3 is 2.69 bits per heavy atom. The molecular formula is C26H28F2N2O2. The van der Waals surface area contributed by atoms with E-state index in [-0.39, 0.29) is 11.2 Å². The summed E-state index contributed by atoms with van der Waals surface area (Å²) in [6, 6.07) is 12.3. The molecule has 2 aromatic rings. The highest BCUT2D eigenvalue weighted by molar-refractivity contribution is 5.93. The van der Waals surface area contributed by atoms with Crippen molar-refractivity contribution < 1.29 is 18.6 Å². The van der Waals surface area contributed by atoms with Gasteiger partial charge in [-0.25, -0.2) is 0 Å². The maximum absolute atomic E-state index is 12.3. The molecule has 0 heterocycles. The van der Waals surface area contributed by atoms with E-state index in [4.69, 9.17) is 0 Å². The number of fused-ring (bicyclic) bond motifs is 5. The fraction of sp³-hybridized carbons (Fsp3) is 0.462. The second-order valence-electron chi connectivity index (χ2n) is 9.53. The van der Waals surface area contributed by atoms with Gasteiger partial charge in [-0.2, -0.15) is 19.0 Å². The van der Waals surface area contributed by atoms with Crippen LogP contribution in [-0.4, -0.2) is 23.6 Å². The van der Waals surface area contributed by atoms with E-state index < -0.39 is 6.61 Å². The van der Waals surface area contributed by atoms with Crippen molar-refractivity contribution in [1.29, 1.82) is 0 Å². The van der Waals surface area contributed by atoms with Crippen LogP contribution in [0.3, 0.4) is 0 Å². The van der Waals surface area contributed by atoms with Crippen molar-refractivity contribution in [1.82, 2.24) is 0 Å². The van der Waals surface area contributed by atoms with Crippen LogP contribution < -0.4 is 4.74 Å². The van der Waals surface area contributed by atoms with Crippen molar-refractivity contribution in [3.8, 4) is 11.5 Å². The molecule has 0 saturated heterocycles. The number of benzene rings is 2. The molecule has 0 aromatic heterocycles. The van der Waals surface area contributed by atoms with Crippen LogP contribution in [0, 0.1) is 17.3 Å². The van der Waals surface area contributed by atoms with Crippen molar-refractivity contribution in [3.63, 3.8) is 0 Å². The predicted molar refractivity (Wildman–Crippen MR) is 121 cm³/mol. The molecule has 0 aliphatic heterocycles. The number of phenolic OH excluding ortho intramolecular Hbond substituents is 1. The number of nitrogens with zero attached hydrogens (tertiary/aromatic N) is 2. The molecule has 3 aliphatic carbocycles. The summed E-state index contributed by atoms with van der Waals surface area (Å²) in [4.78, 5) is 0. The van der Waals surface area contributed by atoms with Gasteiger partial charge in [-0.15, -0.1) is 0 Å². The van der Waals surface area contributed by atoms with E-state index in [9.17, 15) is 13.9 Å². The molecule has 168 valence electrons. The second-order valence-corrected chi connectivity index (χ2v) is 9.53. The first kappa shape index (κ1) is 21.1. The normalized spacial score (nSPS) is 30.4. The predicted octanol–water partition coefficient (Wildman–Crippen LogP) is 6.32. The Labute approximate surface area is 187 Å². The zero-order chi connectivity index (χ0) is 22.3. The number of hydrogen-bond donors (Lipinski definition) is 1. The number of halogens is 2. The highest BCUT2D eigenvalue weighted by Gasteiger charge is 2.53. The second kappa shape index (κ2) is 8.30. The van der Waals surface area contributed by atoms with Crippen LogP contribution in [0.5, 0.6) is 11.5 Å². The maximum Gasteiger partial charge on any atom is 0.387 e. The van der Waals surface area contributed by atoms with Crippen molar-refractivity contribution in [2.75, 3.05) is 0 Å². The summed E-state index contributed by atoms with van der Waals surface area (Å²) in [6.07, 6.45) is 8.25. The van der Waals surface area contributed by atoms with Gasteiger partial charge in [0.2, 0.25) is 0 Å². The van der Waals surface area contributed by atoms with Crippen molar-refractivity contribution in [3.05, 3.63) is 59.2 Å². The Kier molecular flexibility index (Phi) is 5.48. The molecule has 2 saturated carbocycles. The first-order valence-electron chi connectivity index (χ1n) is 11.4. The number of ether oxygens (including phenoxy) is 1. The Morgan fingerprint density at radius 1 is 1.09 bits per heavy atom. The van der Waals surface area contributed by atoms with E-state index in [0.717, 1.165) is 37.7 Å². The van der Waals surface area contributed by atoms with Crippen LogP contribution in [0.4, 0.5) is 8.78 Å². The molecule has 2 aromatic carbocycles. The quantitative estimate of drug-likeness (QED) is 0.448. The summed E-state index contributed by atoms with van der Waals surface area (Å²) in [5.41, 5.74) is 4.82. The molecule has 4 nitrogen and oxygen atoms in total. The Bertz CT molecular complexity index is 1050. The third-order valence-corrected chi connectivity index (χ3v) is 7.94. The summed E-state index contributed by atoms with van der Waals surface area (Å²) < 4.78 is 29.0. The van der Waals surface area contributed by atoms with E-state index in [1.54, 1.807) is 18.3 Å². The topological polar surface area (TPSA) is 54.2 Å². The molecule has 3 aliphatic rings. The minimum absolute atomic E-state index is 0.0852. The Morgan fingerprint density at radius 2 is 1.91 bits per heavy atom. The lowest BCUT2D eigenvalue weighted by Crippen LogP contribution is -2.42. The van der Waals surface area contributed by atoms with Gasteiger partial charge in [-0.1, -0.05) is 13.0 Å². The zero-order valence-electron chi connectivity index (χ0n) is 18.2. The first-order valence-corrected chi connectivity index (χ1v) is 11.4. The molecule has 2 fully saturated rings. The monoisotopic (exact) mass is 438 g/mol. The van der Waals surface area contributed by atoms with E-state index in [1.807, 2.05) is 12.1 Å². The molecule has 32 heavy (non-hydrogen) atoms. The average molecular weight is 439 g/mol. The largest absolute Gasteiger partial charge is 0.508 e. The zero-order valence-corrected chi connectivity index (χ0v) is 18.2. The van der Waals surface area contributed by atoms with Gasteiger partial charge in [-0.3, -0.25) is 0 Å². The van der Waals surface area contributed by atoms with Crippen LogP contribution in [0.2, 0.25) is 0 Å². The molecule has 0 amide bonds. The molecule has 1 N–H and O–H groups in total. The number of phenols is 1. The summed E-state index contributed by atoms with van der Waals surface area (Å²) in [6.45, 7) is -0.463. The molecule has 0 spiro atoms. The average Bonchev–Trinajstić information content (AvgIpc) is 3.10. The van der Waals surface area contributed by atoms with E-state index >= 15 is 0 Å². The van der Waals surface area contributed by atoms with Gasteiger partial charge in [0.1, 0.15) is 11.5 Å². The Balaban J connectivity index is 1.31. The van der Waals surface area contributed by atoms with Gasteiger partial charge in [0.15, 0.2) is 0 Å². The van der Waals surface area contributed by atoms with Crippen molar-refractivity contribution in [2.45, 2.75) is 58.0 Å². The summed E-state index contributed by atoms with van der Waals surface area (Å²) in [5, 5.41) is 18.8. The number of rotatable bonds is 4. The summed E-state index contributed by atoms with van der Waals surface area (Å²) >= 11 is 0. The summed E-state index contributed by atoms with van der Waals surface area (Å²) in [7, 11) is 0. The smallest absolute Gasteiger partial charge is 0.387 e. The molecule has 0 radical (unpaired) electrons. The maximum atomic E-state index is 12.3. The highest BCUT2D eigenvalue weighted by Crippen LogP contribution is 2.60. The van der Waals surface area contributed by atoms with Crippen LogP contribution in [-0.2, 0) is 6.42 Å². The van der Waals surface area contributed by atoms with Crippen LogP contribution >= 0.6 is 0 Å². The number of aromatic hydroxyl groups is 1. The summed E-state index contributed by atoms with van der Waals surface area (Å²) in [5.74, 6) is 2.35. The number of alkyl halides is 2. The molecule has 0 bridgehead atoms. The standard InChI is InChI=1S/C26H28F2N2O2/c1-26-13-12-21-20-9-5-18(31)14-17(20)4-8-22(21)23(26)10-11-24(26)30-29-15-16-2-6-19(7-3-16)32-25(27)28/h2-3,5-7,9,14-15,21-23,25,31H,4,8,10-13H2,1H3/b29-15-,30-24-/t21-,22+,23+,26-/m1/s1. The van der Waals surface area contributed by atoms with Crippen molar-refractivity contribution in [2.24, 2.45) is 27.5 Å². The minimum atomic E-state index is -2.82. The highest BCUT2D eigenvalue weighted by atomic mass is 19.3. The lowest BCUT2D eigenvalue weighted by atomic mass is 9.55. The molecular weight excluding hydrogens is 410 g/mol. The fourth-order valence-corrected chi connectivity index (χ4v) is 6.42. The lowest BCUT2D eigenvalue weighted by Gasteiger charge is -2.49. The van der Waals surface area contributed by atoms with Gasteiger partial charge < -0.3 is 9.84 Å². The molecule has 4 atom stereocenters. The van der Waals surface area contributed by atoms with Crippen LogP contribution in [0.25, 0.3) is 0 Å². The van der Waals surface area contributed by atoms with Crippen molar-refractivity contribution >= 4 is 11.9 Å². The fourth-order valence-electron chi connectivity index (χ4n) is 6.42. The van der Waals surface area contributed by atoms with E-state index in [0.29, 0.717) is 23.5 Å². The SMILES string of the molecule is C[C@@]12CC[C@@H]3c4ccc(O)cc4CC[C@@H]3[C@@H]1CC/C2=N/N=C\c1ccc(OC(F)F)cc1. The van der Waals surface area contributed by atoms with Gasteiger partial charge in [0, 0.05) is 11.1 Å². The van der Waals surface area contributed by atoms with Crippen LogP contribution in [0.1, 0.15) is 61.6 Å². The third-order valence-electron chi connectivity index (χ3n) is 7.94. The van der Waals surface area contributed by atoms with Gasteiger partial charge in [-0.05, 0) is 109 Å². The third kappa shape index (κ3) is 3.80. The number of aryl methyl sites for hydroxylation is 1.